The fraction of sp³-hybridized carbons (Fsp3) is 0.684. The van der Waals surface area contributed by atoms with E-state index in [1.807, 2.05) is 0 Å². The second kappa shape index (κ2) is 12.6. The molecule has 0 aliphatic carbocycles. The van der Waals surface area contributed by atoms with E-state index in [9.17, 15) is 34.5 Å². The molecule has 0 spiro atoms. The maximum absolute atomic E-state index is 11.8. The van der Waals surface area contributed by atoms with Gasteiger partial charge in [-0.2, -0.15) is 0 Å². The lowest BCUT2D eigenvalue weighted by molar-refractivity contribution is -0.272. The molecule has 4 amide bonds. The first-order valence-corrected chi connectivity index (χ1v) is 10.1. The van der Waals surface area contributed by atoms with Crippen molar-refractivity contribution in [3.63, 3.8) is 0 Å². The van der Waals surface area contributed by atoms with Gasteiger partial charge in [-0.15, -0.1) is 0 Å². The zero-order chi connectivity index (χ0) is 23.7. The van der Waals surface area contributed by atoms with Gasteiger partial charge in [-0.3, -0.25) is 24.1 Å². The minimum absolute atomic E-state index is 0.00255. The molecule has 0 aromatic rings. The number of hydrogen-bond donors (Lipinski definition) is 5. The van der Waals surface area contributed by atoms with E-state index in [4.69, 9.17) is 14.2 Å². The first-order chi connectivity index (χ1) is 15.2. The van der Waals surface area contributed by atoms with Crippen LogP contribution in [0.25, 0.3) is 0 Å². The Kier molecular flexibility index (Phi) is 10.2. The molecule has 2 aliphatic heterocycles. The zero-order valence-electron chi connectivity index (χ0n) is 17.6. The monoisotopic (exact) mass is 459 g/mol. The highest BCUT2D eigenvalue weighted by atomic mass is 16.7. The summed E-state index contributed by atoms with van der Waals surface area (Å²) < 4.78 is 16.2. The lowest BCUT2D eigenvalue weighted by Crippen LogP contribution is -2.64. The molecule has 0 saturated carbocycles. The van der Waals surface area contributed by atoms with E-state index in [0.717, 1.165) is 17.1 Å². The van der Waals surface area contributed by atoms with Crippen molar-refractivity contribution in [2.24, 2.45) is 0 Å². The number of carbonyl (C=O) groups excluding carboxylic acids is 4. The van der Waals surface area contributed by atoms with Crippen molar-refractivity contribution in [1.29, 1.82) is 0 Å². The topological polar surface area (TPSA) is 184 Å². The van der Waals surface area contributed by atoms with E-state index in [1.54, 1.807) is 0 Å². The first-order valence-electron chi connectivity index (χ1n) is 10.1. The van der Waals surface area contributed by atoms with Crippen LogP contribution in [0.1, 0.15) is 13.3 Å². The zero-order valence-corrected chi connectivity index (χ0v) is 17.6. The van der Waals surface area contributed by atoms with Crippen LogP contribution in [0.4, 0.5) is 0 Å². The van der Waals surface area contributed by atoms with Crippen LogP contribution in [-0.2, 0) is 33.4 Å². The molecule has 0 bridgehead atoms. The van der Waals surface area contributed by atoms with Crippen molar-refractivity contribution in [2.45, 2.75) is 44.0 Å². The Morgan fingerprint density at radius 2 is 1.81 bits per heavy atom. The van der Waals surface area contributed by atoms with Gasteiger partial charge in [-0.1, -0.05) is 0 Å². The molecule has 13 heteroatoms. The van der Waals surface area contributed by atoms with Gasteiger partial charge >= 0.3 is 0 Å². The van der Waals surface area contributed by atoms with Crippen LogP contribution < -0.4 is 10.6 Å². The SMILES string of the molecule is CC(=O)N[C@H]1[C@@H](OCCOCCNC(=O)CCN2C(=O)C=CC2=O)O[C@H](CO)[C@H](O)[C@@H]1O. The van der Waals surface area contributed by atoms with Gasteiger partial charge in [0.05, 0.1) is 26.4 Å². The Labute approximate surface area is 184 Å². The van der Waals surface area contributed by atoms with Crippen molar-refractivity contribution in [1.82, 2.24) is 15.5 Å². The van der Waals surface area contributed by atoms with Crippen LogP contribution in [0.3, 0.4) is 0 Å². The normalized spacial score (nSPS) is 27.6. The average Bonchev–Trinajstić information content (AvgIpc) is 3.07. The minimum atomic E-state index is -1.40. The number of aliphatic hydroxyl groups is 3. The van der Waals surface area contributed by atoms with E-state index in [0.29, 0.717) is 0 Å². The van der Waals surface area contributed by atoms with E-state index in [1.165, 1.54) is 6.92 Å². The molecule has 5 atom stereocenters. The van der Waals surface area contributed by atoms with Crippen molar-refractivity contribution in [3.8, 4) is 0 Å². The fourth-order valence-electron chi connectivity index (χ4n) is 3.15. The predicted octanol–water partition coefficient (Wildman–Crippen LogP) is -3.61. The third-order valence-corrected chi connectivity index (χ3v) is 4.79. The summed E-state index contributed by atoms with van der Waals surface area (Å²) in [5.41, 5.74) is 0. The van der Waals surface area contributed by atoms with Crippen LogP contribution in [-0.4, -0.2) is 114 Å². The lowest BCUT2D eigenvalue weighted by atomic mass is 9.97. The molecule has 1 fully saturated rings. The van der Waals surface area contributed by atoms with Gasteiger partial charge in [0.2, 0.25) is 11.8 Å². The van der Waals surface area contributed by atoms with Gasteiger partial charge < -0.3 is 40.2 Å². The molecule has 0 aromatic heterocycles. The minimum Gasteiger partial charge on any atom is -0.394 e. The van der Waals surface area contributed by atoms with Gasteiger partial charge in [-0.25, -0.2) is 0 Å². The number of rotatable bonds is 12. The summed E-state index contributed by atoms with van der Waals surface area (Å²) in [7, 11) is 0. The second-order valence-corrected chi connectivity index (χ2v) is 7.18. The first kappa shape index (κ1) is 25.8. The van der Waals surface area contributed by atoms with Crippen molar-refractivity contribution >= 4 is 23.6 Å². The highest BCUT2D eigenvalue weighted by Crippen LogP contribution is 2.22. The molecular formula is C19H29N3O10. The Balaban J connectivity index is 1.61. The maximum atomic E-state index is 11.8. The Morgan fingerprint density at radius 3 is 2.44 bits per heavy atom. The molecule has 1 saturated heterocycles. The van der Waals surface area contributed by atoms with E-state index < -0.39 is 55.0 Å². The summed E-state index contributed by atoms with van der Waals surface area (Å²) in [6.45, 7) is 1.18. The van der Waals surface area contributed by atoms with E-state index >= 15 is 0 Å². The van der Waals surface area contributed by atoms with E-state index in [-0.39, 0.29) is 45.2 Å². The summed E-state index contributed by atoms with van der Waals surface area (Å²) >= 11 is 0. The predicted molar refractivity (Wildman–Crippen MR) is 106 cm³/mol. The molecular weight excluding hydrogens is 430 g/mol. The van der Waals surface area contributed by atoms with Crippen molar-refractivity contribution in [3.05, 3.63) is 12.2 Å². The number of amides is 4. The summed E-state index contributed by atoms with van der Waals surface area (Å²) in [5.74, 6) is -1.68. The lowest BCUT2D eigenvalue weighted by Gasteiger charge is -2.42. The summed E-state index contributed by atoms with van der Waals surface area (Å²) in [5, 5.41) is 34.4. The Bertz CT molecular complexity index is 697. The van der Waals surface area contributed by atoms with E-state index in [2.05, 4.69) is 10.6 Å². The smallest absolute Gasteiger partial charge is 0.253 e. The van der Waals surface area contributed by atoms with Gasteiger partial charge in [0.1, 0.15) is 24.4 Å². The summed E-state index contributed by atoms with van der Waals surface area (Å²) in [6.07, 6.45) is -2.69. The molecule has 2 rings (SSSR count). The quantitative estimate of drug-likeness (QED) is 0.144. The highest BCUT2D eigenvalue weighted by molar-refractivity contribution is 6.13. The van der Waals surface area contributed by atoms with Gasteiger partial charge in [0, 0.05) is 38.6 Å². The molecule has 0 unspecified atom stereocenters. The number of ether oxygens (including phenoxy) is 3. The maximum Gasteiger partial charge on any atom is 0.253 e. The number of aliphatic hydroxyl groups excluding tert-OH is 3. The van der Waals surface area contributed by atoms with Crippen molar-refractivity contribution < 1.29 is 48.7 Å². The molecule has 13 nitrogen and oxygen atoms in total. The standard InChI is InChI=1S/C19H29N3O10/c1-11(24)21-16-18(29)17(28)12(10-23)32-19(16)31-9-8-30-7-5-20-13(25)4-6-22-14(26)2-3-15(22)27/h2-3,12,16-19,23,28-29H,4-10H2,1H3,(H,20,25)(H,21,24)/t12-,16-,17+,18-,19+/m1/s1. The summed E-state index contributed by atoms with van der Waals surface area (Å²) in [4.78, 5) is 46.9. The van der Waals surface area contributed by atoms with Crippen LogP contribution >= 0.6 is 0 Å². The largest absolute Gasteiger partial charge is 0.394 e. The fourth-order valence-corrected chi connectivity index (χ4v) is 3.15. The van der Waals surface area contributed by atoms with Crippen molar-refractivity contribution in [2.75, 3.05) is 39.5 Å². The molecule has 180 valence electrons. The van der Waals surface area contributed by atoms with Crippen LogP contribution in [0.2, 0.25) is 0 Å². The number of nitrogens with one attached hydrogen (secondary N) is 2. The molecule has 0 radical (unpaired) electrons. The molecule has 2 aliphatic rings. The molecule has 0 aromatic carbocycles. The number of hydrogen-bond acceptors (Lipinski definition) is 10. The van der Waals surface area contributed by atoms with Crippen LogP contribution in [0.15, 0.2) is 12.2 Å². The Hall–Kier alpha value is -2.42. The van der Waals surface area contributed by atoms with Gasteiger partial charge in [0.15, 0.2) is 6.29 Å². The number of carbonyl (C=O) groups is 4. The second-order valence-electron chi connectivity index (χ2n) is 7.18. The van der Waals surface area contributed by atoms with Crippen LogP contribution in [0, 0.1) is 0 Å². The summed E-state index contributed by atoms with van der Waals surface area (Å²) in [6, 6.07) is -1.03. The third kappa shape index (κ3) is 7.32. The average molecular weight is 459 g/mol. The third-order valence-electron chi connectivity index (χ3n) is 4.79. The Morgan fingerprint density at radius 1 is 1.12 bits per heavy atom. The number of nitrogens with zero attached hydrogens (tertiary/aromatic N) is 1. The molecule has 32 heavy (non-hydrogen) atoms. The highest BCUT2D eigenvalue weighted by Gasteiger charge is 2.45. The van der Waals surface area contributed by atoms with Crippen LogP contribution in [0.5, 0.6) is 0 Å². The molecule has 2 heterocycles. The van der Waals surface area contributed by atoms with Gasteiger partial charge in [0.25, 0.3) is 11.8 Å². The van der Waals surface area contributed by atoms with Gasteiger partial charge in [-0.05, 0) is 0 Å². The number of imide groups is 1. The molecule has 5 N–H and O–H groups in total.